The van der Waals surface area contributed by atoms with Gasteiger partial charge in [-0.15, -0.1) is 0 Å². The molecular formula is C23H28N2O6. The van der Waals surface area contributed by atoms with Crippen LogP contribution in [0.3, 0.4) is 0 Å². The van der Waals surface area contributed by atoms with Crippen LogP contribution in [0.25, 0.3) is 10.9 Å². The highest BCUT2D eigenvalue weighted by molar-refractivity contribution is 5.87. The number of fused-ring (bicyclic) bond motifs is 3. The third-order valence-corrected chi connectivity index (χ3v) is 5.85. The molecule has 1 amide bonds. The third kappa shape index (κ3) is 3.86. The first-order chi connectivity index (χ1) is 14.5. The van der Waals surface area contributed by atoms with Crippen LogP contribution in [0.2, 0.25) is 0 Å². The zero-order valence-corrected chi connectivity index (χ0v) is 18.5. The summed E-state index contributed by atoms with van der Waals surface area (Å²) in [7, 11) is 1.31. The van der Waals surface area contributed by atoms with E-state index in [0.717, 1.165) is 22.2 Å². The molecule has 2 aliphatic heterocycles. The maximum atomic E-state index is 12.8. The number of rotatable bonds is 1. The fraction of sp³-hybridized carbons (Fsp3) is 0.522. The number of aryl methyl sites for hydroxylation is 2. The molecule has 0 bridgehead atoms. The molecule has 1 aromatic heterocycles. The minimum atomic E-state index is -0.779. The number of benzene rings is 1. The number of methoxy groups -OCH3 is 1. The molecule has 8 heteroatoms. The quantitative estimate of drug-likeness (QED) is 0.694. The molecule has 4 rings (SSSR count). The Kier molecular flexibility index (Phi) is 4.98. The summed E-state index contributed by atoms with van der Waals surface area (Å²) in [5, 5.41) is 10.8. The maximum Gasteiger partial charge on any atom is 0.411 e. The molecule has 166 valence electrons. The van der Waals surface area contributed by atoms with E-state index < -0.39 is 29.3 Å². The Morgan fingerprint density at radius 2 is 2.06 bits per heavy atom. The smallest absolute Gasteiger partial charge is 0.411 e. The van der Waals surface area contributed by atoms with Crippen molar-refractivity contribution in [3.8, 4) is 11.5 Å². The SMILES string of the molecule is COC(=O)[C@@H]1CC2(CCc3c(c(C)nc4ccc(O)cc34)O2)CN1C(=O)OC(C)(C)C. The fourth-order valence-electron chi connectivity index (χ4n) is 4.50. The van der Waals surface area contributed by atoms with Gasteiger partial charge in [0.15, 0.2) is 0 Å². The molecule has 2 aromatic rings. The maximum absolute atomic E-state index is 12.8. The van der Waals surface area contributed by atoms with E-state index in [1.54, 1.807) is 39.0 Å². The zero-order valence-electron chi connectivity index (χ0n) is 18.5. The van der Waals surface area contributed by atoms with Gasteiger partial charge in [0.1, 0.15) is 28.7 Å². The third-order valence-electron chi connectivity index (χ3n) is 5.85. The van der Waals surface area contributed by atoms with Crippen LogP contribution in [0.5, 0.6) is 11.5 Å². The number of hydrogen-bond acceptors (Lipinski definition) is 7. The van der Waals surface area contributed by atoms with E-state index in [1.165, 1.54) is 12.0 Å². The number of esters is 1. The molecule has 31 heavy (non-hydrogen) atoms. The summed E-state index contributed by atoms with van der Waals surface area (Å²) in [6, 6.07) is 4.32. The number of likely N-dealkylation sites (tertiary alicyclic amines) is 1. The normalized spacial score (nSPS) is 22.9. The minimum absolute atomic E-state index is 0.170. The van der Waals surface area contributed by atoms with Crippen LogP contribution >= 0.6 is 0 Å². The molecule has 1 fully saturated rings. The first-order valence-corrected chi connectivity index (χ1v) is 10.4. The molecule has 2 atom stereocenters. The summed E-state index contributed by atoms with van der Waals surface area (Å²) in [5.74, 6) is 0.331. The highest BCUT2D eigenvalue weighted by Gasteiger charge is 2.53. The van der Waals surface area contributed by atoms with Crippen molar-refractivity contribution in [2.75, 3.05) is 13.7 Å². The summed E-state index contributed by atoms with van der Waals surface area (Å²) in [4.78, 5) is 31.4. The van der Waals surface area contributed by atoms with Gasteiger partial charge in [0.2, 0.25) is 0 Å². The standard InChI is InChI=1S/C23H28N2O6/c1-13-19-15(16-10-14(26)6-7-17(16)24-13)8-9-23(30-19)11-18(20(27)29-5)25(12-23)21(28)31-22(2,3)4/h6-7,10,18,26H,8-9,11-12H2,1-5H3/t18-,23?/m0/s1. The first kappa shape index (κ1) is 21.2. The molecular weight excluding hydrogens is 400 g/mol. The van der Waals surface area contributed by atoms with Crippen molar-refractivity contribution in [2.45, 2.75) is 64.2 Å². The van der Waals surface area contributed by atoms with Crippen LogP contribution in [0.1, 0.15) is 44.9 Å². The summed E-state index contributed by atoms with van der Waals surface area (Å²) < 4.78 is 17.0. The average molecular weight is 428 g/mol. The largest absolute Gasteiger partial charge is 0.508 e. The highest BCUT2D eigenvalue weighted by atomic mass is 16.6. The number of aromatic nitrogens is 1. The summed E-state index contributed by atoms with van der Waals surface area (Å²) in [6.07, 6.45) is 1.04. The van der Waals surface area contributed by atoms with Crippen LogP contribution < -0.4 is 4.74 Å². The van der Waals surface area contributed by atoms with E-state index in [0.29, 0.717) is 25.0 Å². The fourth-order valence-corrected chi connectivity index (χ4v) is 4.50. The van der Waals surface area contributed by atoms with Gasteiger partial charge in [-0.3, -0.25) is 4.90 Å². The number of phenolic OH excluding ortho intramolecular Hbond substituents is 1. The van der Waals surface area contributed by atoms with Crippen LogP contribution in [-0.2, 0) is 20.7 Å². The molecule has 0 radical (unpaired) electrons. The van der Waals surface area contributed by atoms with Gasteiger partial charge in [-0.25, -0.2) is 14.6 Å². The highest BCUT2D eigenvalue weighted by Crippen LogP contribution is 2.45. The number of amides is 1. The van der Waals surface area contributed by atoms with Gasteiger partial charge in [-0.1, -0.05) is 0 Å². The lowest BCUT2D eigenvalue weighted by Gasteiger charge is -2.36. The Morgan fingerprint density at radius 1 is 1.32 bits per heavy atom. The molecule has 2 aliphatic rings. The number of aromatic hydroxyl groups is 1. The van der Waals surface area contributed by atoms with Gasteiger partial charge < -0.3 is 19.3 Å². The Labute approximate surface area is 181 Å². The predicted molar refractivity (Wildman–Crippen MR) is 113 cm³/mol. The molecule has 3 heterocycles. The van der Waals surface area contributed by atoms with E-state index in [9.17, 15) is 14.7 Å². The monoisotopic (exact) mass is 428 g/mol. The second kappa shape index (κ2) is 7.28. The topological polar surface area (TPSA) is 98.2 Å². The number of hydrogen-bond donors (Lipinski definition) is 1. The summed E-state index contributed by atoms with van der Waals surface area (Å²) in [6.45, 7) is 7.45. The van der Waals surface area contributed by atoms with Crippen molar-refractivity contribution in [1.82, 2.24) is 9.88 Å². The van der Waals surface area contributed by atoms with Crippen LogP contribution in [0.4, 0.5) is 4.79 Å². The van der Waals surface area contributed by atoms with Crippen LogP contribution in [0, 0.1) is 6.92 Å². The van der Waals surface area contributed by atoms with E-state index in [-0.39, 0.29) is 12.3 Å². The van der Waals surface area contributed by atoms with Gasteiger partial charge in [0.05, 0.1) is 24.9 Å². The van der Waals surface area contributed by atoms with Gasteiger partial charge in [-0.2, -0.15) is 0 Å². The van der Waals surface area contributed by atoms with Gasteiger partial charge in [0.25, 0.3) is 0 Å². The van der Waals surface area contributed by atoms with Crippen molar-refractivity contribution in [3.63, 3.8) is 0 Å². The van der Waals surface area contributed by atoms with Crippen molar-refractivity contribution < 1.29 is 28.9 Å². The molecule has 0 aliphatic carbocycles. The van der Waals surface area contributed by atoms with Gasteiger partial charge in [0, 0.05) is 17.4 Å². The van der Waals surface area contributed by atoms with Crippen LogP contribution in [-0.4, -0.2) is 58.0 Å². The van der Waals surface area contributed by atoms with E-state index in [4.69, 9.17) is 14.2 Å². The summed E-state index contributed by atoms with van der Waals surface area (Å²) in [5.41, 5.74) is 1.09. The lowest BCUT2D eigenvalue weighted by molar-refractivity contribution is -0.145. The lowest BCUT2D eigenvalue weighted by atomic mass is 9.87. The summed E-state index contributed by atoms with van der Waals surface area (Å²) >= 11 is 0. The Hall–Kier alpha value is -3.03. The lowest BCUT2D eigenvalue weighted by Crippen LogP contribution is -2.46. The number of pyridine rings is 1. The Bertz CT molecular complexity index is 1060. The zero-order chi connectivity index (χ0) is 22.6. The van der Waals surface area contributed by atoms with Gasteiger partial charge >= 0.3 is 12.1 Å². The number of carbonyl (C=O) groups excluding carboxylic acids is 2. The van der Waals surface area contributed by atoms with Gasteiger partial charge in [-0.05, 0) is 58.7 Å². The molecule has 1 spiro atoms. The van der Waals surface area contributed by atoms with E-state index in [1.807, 2.05) is 6.92 Å². The van der Waals surface area contributed by atoms with Crippen molar-refractivity contribution in [3.05, 3.63) is 29.5 Å². The first-order valence-electron chi connectivity index (χ1n) is 10.4. The average Bonchev–Trinajstić information content (AvgIpc) is 3.06. The molecule has 8 nitrogen and oxygen atoms in total. The Balaban J connectivity index is 1.69. The minimum Gasteiger partial charge on any atom is -0.508 e. The second-order valence-corrected chi connectivity index (χ2v) is 9.34. The predicted octanol–water partition coefficient (Wildman–Crippen LogP) is 3.50. The molecule has 0 saturated carbocycles. The van der Waals surface area contributed by atoms with Crippen LogP contribution in [0.15, 0.2) is 18.2 Å². The molecule has 1 saturated heterocycles. The van der Waals surface area contributed by atoms with Crippen molar-refractivity contribution in [1.29, 1.82) is 0 Å². The number of nitrogens with zero attached hydrogens (tertiary/aromatic N) is 2. The number of carbonyl (C=O) groups is 2. The van der Waals surface area contributed by atoms with Crippen molar-refractivity contribution >= 4 is 23.0 Å². The van der Waals surface area contributed by atoms with E-state index in [2.05, 4.69) is 4.98 Å². The molecule has 1 unspecified atom stereocenters. The molecule has 1 aromatic carbocycles. The number of phenols is 1. The van der Waals surface area contributed by atoms with E-state index >= 15 is 0 Å². The Morgan fingerprint density at radius 3 is 2.74 bits per heavy atom. The van der Waals surface area contributed by atoms with Crippen molar-refractivity contribution in [2.24, 2.45) is 0 Å². The molecule has 1 N–H and O–H groups in total. The second-order valence-electron chi connectivity index (χ2n) is 9.34. The number of ether oxygens (including phenoxy) is 3.